The SMILES string of the molecule is Nc1cn(CCC23CC4CC(CC(C4)C2)C3)nn1. The van der Waals surface area contributed by atoms with Gasteiger partial charge in [0.15, 0.2) is 5.82 Å². The van der Waals surface area contributed by atoms with E-state index in [9.17, 15) is 0 Å². The van der Waals surface area contributed by atoms with Crippen LogP contribution in [0.25, 0.3) is 0 Å². The van der Waals surface area contributed by atoms with Gasteiger partial charge < -0.3 is 5.73 Å². The zero-order valence-corrected chi connectivity index (χ0v) is 10.9. The third kappa shape index (κ3) is 1.73. The van der Waals surface area contributed by atoms with E-state index in [1.54, 1.807) is 0 Å². The molecule has 4 heteroatoms. The largest absolute Gasteiger partial charge is 0.381 e. The van der Waals surface area contributed by atoms with Gasteiger partial charge in [-0.3, -0.25) is 4.68 Å². The number of nitrogen functional groups attached to an aromatic ring is 1. The molecule has 4 aliphatic rings. The Morgan fingerprint density at radius 2 is 1.78 bits per heavy atom. The summed E-state index contributed by atoms with van der Waals surface area (Å²) in [5.41, 5.74) is 6.26. The van der Waals surface area contributed by atoms with Crippen LogP contribution in [0.5, 0.6) is 0 Å². The first-order valence-electron chi connectivity index (χ1n) is 7.36. The topological polar surface area (TPSA) is 56.7 Å². The van der Waals surface area contributed by atoms with Crippen LogP contribution in [0, 0.1) is 23.2 Å². The van der Waals surface area contributed by atoms with Crippen molar-refractivity contribution in [3.8, 4) is 0 Å². The van der Waals surface area contributed by atoms with Crippen LogP contribution in [0.4, 0.5) is 5.82 Å². The second kappa shape index (κ2) is 3.72. The van der Waals surface area contributed by atoms with Gasteiger partial charge in [0.05, 0.1) is 6.20 Å². The Kier molecular flexibility index (Phi) is 2.24. The van der Waals surface area contributed by atoms with E-state index in [4.69, 9.17) is 5.73 Å². The number of rotatable bonds is 3. The van der Waals surface area contributed by atoms with Crippen LogP contribution in [0.1, 0.15) is 44.9 Å². The summed E-state index contributed by atoms with van der Waals surface area (Å²) in [6, 6.07) is 0. The van der Waals surface area contributed by atoms with E-state index in [1.807, 2.05) is 10.9 Å². The third-order valence-corrected chi connectivity index (χ3v) is 5.59. The van der Waals surface area contributed by atoms with E-state index in [0.717, 1.165) is 24.3 Å². The van der Waals surface area contributed by atoms with Crippen LogP contribution in [-0.2, 0) is 6.54 Å². The summed E-state index contributed by atoms with van der Waals surface area (Å²) in [6.45, 7) is 0.996. The molecule has 5 rings (SSSR count). The van der Waals surface area contributed by atoms with Gasteiger partial charge in [0.1, 0.15) is 0 Å². The molecule has 0 spiro atoms. The third-order valence-electron chi connectivity index (χ3n) is 5.59. The van der Waals surface area contributed by atoms with Crippen molar-refractivity contribution in [2.45, 2.75) is 51.5 Å². The molecule has 0 saturated heterocycles. The molecule has 0 atom stereocenters. The molecule has 1 aromatic heterocycles. The molecule has 4 fully saturated rings. The van der Waals surface area contributed by atoms with Gasteiger partial charge in [-0.25, -0.2) is 0 Å². The Hall–Kier alpha value is -1.06. The average molecular weight is 246 g/mol. The Labute approximate surface area is 108 Å². The molecule has 4 aliphatic carbocycles. The fourth-order valence-electron chi connectivity index (χ4n) is 5.37. The van der Waals surface area contributed by atoms with Crippen LogP contribution >= 0.6 is 0 Å². The number of nitrogens with zero attached hydrogens (tertiary/aromatic N) is 3. The Balaban J connectivity index is 1.47. The van der Waals surface area contributed by atoms with Crippen molar-refractivity contribution in [3.05, 3.63) is 6.20 Å². The van der Waals surface area contributed by atoms with Crippen molar-refractivity contribution in [1.82, 2.24) is 15.0 Å². The zero-order chi connectivity index (χ0) is 12.2. The first-order valence-corrected chi connectivity index (χ1v) is 7.36. The number of hydrogen-bond acceptors (Lipinski definition) is 3. The molecule has 4 saturated carbocycles. The molecule has 0 radical (unpaired) electrons. The van der Waals surface area contributed by atoms with Gasteiger partial charge >= 0.3 is 0 Å². The molecule has 2 N–H and O–H groups in total. The maximum absolute atomic E-state index is 5.62. The van der Waals surface area contributed by atoms with Gasteiger partial charge in [-0.2, -0.15) is 0 Å². The lowest BCUT2D eigenvalue weighted by Gasteiger charge is -2.57. The number of anilines is 1. The predicted molar refractivity (Wildman–Crippen MR) is 69.7 cm³/mol. The predicted octanol–water partition coefficient (Wildman–Crippen LogP) is 2.47. The fourth-order valence-corrected chi connectivity index (χ4v) is 5.37. The lowest BCUT2D eigenvalue weighted by atomic mass is 9.49. The minimum Gasteiger partial charge on any atom is -0.381 e. The first-order chi connectivity index (χ1) is 8.71. The minimum absolute atomic E-state index is 0.542. The van der Waals surface area contributed by atoms with Gasteiger partial charge in [-0.15, -0.1) is 5.10 Å². The van der Waals surface area contributed by atoms with Crippen molar-refractivity contribution in [3.63, 3.8) is 0 Å². The highest BCUT2D eigenvalue weighted by molar-refractivity contribution is 5.19. The average Bonchev–Trinajstić information content (AvgIpc) is 2.71. The van der Waals surface area contributed by atoms with Gasteiger partial charge in [-0.1, -0.05) is 5.21 Å². The van der Waals surface area contributed by atoms with Crippen molar-refractivity contribution in [2.75, 3.05) is 5.73 Å². The lowest BCUT2D eigenvalue weighted by Crippen LogP contribution is -2.46. The van der Waals surface area contributed by atoms with Crippen LogP contribution in [0.15, 0.2) is 6.20 Å². The Morgan fingerprint density at radius 3 is 2.28 bits per heavy atom. The summed E-state index contributed by atoms with van der Waals surface area (Å²) in [6.07, 6.45) is 12.1. The molecule has 0 aliphatic heterocycles. The Bertz CT molecular complexity index is 415. The lowest BCUT2D eigenvalue weighted by molar-refractivity contribution is -0.0596. The van der Waals surface area contributed by atoms with Crippen LogP contribution in [-0.4, -0.2) is 15.0 Å². The van der Waals surface area contributed by atoms with Crippen molar-refractivity contribution < 1.29 is 0 Å². The van der Waals surface area contributed by atoms with E-state index in [0.29, 0.717) is 11.2 Å². The van der Waals surface area contributed by atoms with Crippen molar-refractivity contribution >= 4 is 5.82 Å². The minimum atomic E-state index is 0.542. The van der Waals surface area contributed by atoms with Gasteiger partial charge in [0, 0.05) is 6.54 Å². The molecule has 18 heavy (non-hydrogen) atoms. The van der Waals surface area contributed by atoms with Crippen molar-refractivity contribution in [2.24, 2.45) is 23.2 Å². The maximum Gasteiger partial charge on any atom is 0.165 e. The number of aromatic nitrogens is 3. The normalized spacial score (nSPS) is 41.4. The number of hydrogen-bond donors (Lipinski definition) is 1. The molecule has 4 bridgehead atoms. The summed E-state index contributed by atoms with van der Waals surface area (Å²) < 4.78 is 1.92. The monoisotopic (exact) mass is 246 g/mol. The summed E-state index contributed by atoms with van der Waals surface area (Å²) in [5, 5.41) is 7.95. The van der Waals surface area contributed by atoms with Crippen LogP contribution < -0.4 is 5.73 Å². The molecule has 1 heterocycles. The summed E-state index contributed by atoms with van der Waals surface area (Å²) in [7, 11) is 0. The number of nitrogens with two attached hydrogens (primary N) is 1. The second-order valence-electron chi connectivity index (χ2n) is 7.07. The van der Waals surface area contributed by atoms with Gasteiger partial charge in [0.25, 0.3) is 0 Å². The zero-order valence-electron chi connectivity index (χ0n) is 10.9. The smallest absolute Gasteiger partial charge is 0.165 e. The molecular weight excluding hydrogens is 224 g/mol. The molecule has 0 unspecified atom stereocenters. The van der Waals surface area contributed by atoms with Crippen LogP contribution in [0.2, 0.25) is 0 Å². The van der Waals surface area contributed by atoms with E-state index in [2.05, 4.69) is 10.3 Å². The number of aryl methyl sites for hydroxylation is 1. The Morgan fingerprint density at radius 1 is 1.17 bits per heavy atom. The van der Waals surface area contributed by atoms with E-state index in [1.165, 1.54) is 44.9 Å². The van der Waals surface area contributed by atoms with E-state index >= 15 is 0 Å². The fraction of sp³-hybridized carbons (Fsp3) is 0.857. The van der Waals surface area contributed by atoms with Crippen LogP contribution in [0.3, 0.4) is 0 Å². The second-order valence-corrected chi connectivity index (χ2v) is 7.07. The van der Waals surface area contributed by atoms with Crippen molar-refractivity contribution in [1.29, 1.82) is 0 Å². The highest BCUT2D eigenvalue weighted by Gasteiger charge is 2.50. The van der Waals surface area contributed by atoms with Gasteiger partial charge in [-0.05, 0) is 68.1 Å². The molecule has 98 valence electrons. The van der Waals surface area contributed by atoms with E-state index in [-0.39, 0.29) is 0 Å². The molecule has 0 amide bonds. The quantitative estimate of drug-likeness (QED) is 0.891. The maximum atomic E-state index is 5.62. The molecule has 4 nitrogen and oxygen atoms in total. The summed E-state index contributed by atoms with van der Waals surface area (Å²) >= 11 is 0. The highest BCUT2D eigenvalue weighted by atomic mass is 15.4. The van der Waals surface area contributed by atoms with E-state index < -0.39 is 0 Å². The summed E-state index contributed by atoms with van der Waals surface area (Å²) in [4.78, 5) is 0. The molecular formula is C14H22N4. The highest BCUT2D eigenvalue weighted by Crippen LogP contribution is 2.61. The molecule has 0 aromatic carbocycles. The standard InChI is InChI=1S/C14H22N4/c15-13-9-18(17-16-13)2-1-14-6-10-3-11(7-14)5-12(4-10)8-14/h9-12H,1-8,15H2. The summed E-state index contributed by atoms with van der Waals surface area (Å²) in [5.74, 6) is 3.66. The first kappa shape index (κ1) is 10.8. The molecule has 1 aromatic rings. The van der Waals surface area contributed by atoms with Gasteiger partial charge in [0.2, 0.25) is 0 Å².